The fourth-order valence-electron chi connectivity index (χ4n) is 1.78. The maximum absolute atomic E-state index is 12.9. The van der Waals surface area contributed by atoms with E-state index in [9.17, 15) is 12.8 Å². The fraction of sp³-hybridized carbons (Fsp3) is 0.143. The highest BCUT2D eigenvalue weighted by atomic mass is 32.2. The summed E-state index contributed by atoms with van der Waals surface area (Å²) in [6, 6.07) is 11.0. The highest BCUT2D eigenvalue weighted by molar-refractivity contribution is 7.90. The largest absolute Gasteiger partial charge is 0.224 e. The van der Waals surface area contributed by atoms with Crippen LogP contribution in [0.3, 0.4) is 0 Å². The Morgan fingerprint density at radius 2 is 1.68 bits per heavy atom. The Kier molecular flexibility index (Phi) is 3.96. The van der Waals surface area contributed by atoms with Crippen molar-refractivity contribution in [3.63, 3.8) is 0 Å². The van der Waals surface area contributed by atoms with Crippen molar-refractivity contribution in [3.05, 3.63) is 53.8 Å². The minimum absolute atomic E-state index is 0.248. The van der Waals surface area contributed by atoms with Crippen LogP contribution in [0.4, 0.5) is 4.39 Å². The van der Waals surface area contributed by atoms with Crippen LogP contribution in [0.5, 0.6) is 0 Å². The van der Waals surface area contributed by atoms with E-state index in [-0.39, 0.29) is 10.7 Å². The summed E-state index contributed by atoms with van der Waals surface area (Å²) in [7, 11) is -3.28. The summed E-state index contributed by atoms with van der Waals surface area (Å²) in [6.45, 7) is 0. The molecular weight excluding hydrogens is 283 g/mol. The van der Waals surface area contributed by atoms with Crippen LogP contribution in [0.25, 0.3) is 11.1 Å². The highest BCUT2D eigenvalue weighted by Crippen LogP contribution is 2.25. The molecule has 0 spiro atoms. The monoisotopic (exact) mass is 296 g/mol. The zero-order valence-electron chi connectivity index (χ0n) is 10.3. The minimum atomic E-state index is -3.28. The quantitative estimate of drug-likeness (QED) is 0.882. The standard InChI is InChI=1S/C14H13FO2S2/c1-19(16,17)14-7-10(9-18)6-12(8-14)11-2-4-13(15)5-3-11/h2-8,18H,9H2,1H3. The lowest BCUT2D eigenvalue weighted by atomic mass is 10.0. The number of halogens is 1. The van der Waals surface area contributed by atoms with Gasteiger partial charge in [0.25, 0.3) is 0 Å². The SMILES string of the molecule is CS(=O)(=O)c1cc(CS)cc(-c2ccc(F)cc2)c1. The van der Waals surface area contributed by atoms with Crippen molar-refractivity contribution in [1.29, 1.82) is 0 Å². The van der Waals surface area contributed by atoms with E-state index in [1.54, 1.807) is 24.3 Å². The minimum Gasteiger partial charge on any atom is -0.224 e. The smallest absolute Gasteiger partial charge is 0.175 e. The molecule has 2 aromatic rings. The van der Waals surface area contributed by atoms with Crippen molar-refractivity contribution in [2.24, 2.45) is 0 Å². The van der Waals surface area contributed by atoms with E-state index in [4.69, 9.17) is 0 Å². The summed E-state index contributed by atoms with van der Waals surface area (Å²) in [5.41, 5.74) is 2.33. The van der Waals surface area contributed by atoms with Crippen molar-refractivity contribution in [3.8, 4) is 11.1 Å². The number of rotatable bonds is 3. The van der Waals surface area contributed by atoms with Gasteiger partial charge in [-0.2, -0.15) is 12.6 Å². The first kappa shape index (κ1) is 14.1. The van der Waals surface area contributed by atoms with E-state index in [1.807, 2.05) is 6.07 Å². The molecule has 0 aliphatic carbocycles. The summed E-state index contributed by atoms with van der Waals surface area (Å²) in [5.74, 6) is 0.120. The van der Waals surface area contributed by atoms with E-state index in [0.29, 0.717) is 5.75 Å². The molecule has 0 saturated heterocycles. The molecule has 0 aliphatic heterocycles. The molecule has 5 heteroatoms. The van der Waals surface area contributed by atoms with Gasteiger partial charge in [0, 0.05) is 12.0 Å². The summed E-state index contributed by atoms with van der Waals surface area (Å²) in [5, 5.41) is 0. The van der Waals surface area contributed by atoms with Gasteiger partial charge in [-0.3, -0.25) is 0 Å². The van der Waals surface area contributed by atoms with Crippen LogP contribution in [-0.4, -0.2) is 14.7 Å². The molecule has 100 valence electrons. The Balaban J connectivity index is 2.60. The third-order valence-electron chi connectivity index (χ3n) is 2.75. The van der Waals surface area contributed by atoms with Crippen molar-refractivity contribution in [2.45, 2.75) is 10.6 Å². The van der Waals surface area contributed by atoms with Gasteiger partial charge in [0.15, 0.2) is 9.84 Å². The third kappa shape index (κ3) is 3.36. The lowest BCUT2D eigenvalue weighted by Gasteiger charge is -2.08. The first-order chi connectivity index (χ1) is 8.90. The molecule has 19 heavy (non-hydrogen) atoms. The van der Waals surface area contributed by atoms with Gasteiger partial charge in [0.05, 0.1) is 4.90 Å². The van der Waals surface area contributed by atoms with Crippen LogP contribution in [0, 0.1) is 5.82 Å². The topological polar surface area (TPSA) is 34.1 Å². The van der Waals surface area contributed by atoms with Crippen LogP contribution in [-0.2, 0) is 15.6 Å². The Morgan fingerprint density at radius 3 is 2.21 bits per heavy atom. The van der Waals surface area contributed by atoms with E-state index in [1.165, 1.54) is 18.4 Å². The van der Waals surface area contributed by atoms with Crippen molar-refractivity contribution in [2.75, 3.05) is 6.26 Å². The van der Waals surface area contributed by atoms with Gasteiger partial charge in [-0.1, -0.05) is 18.2 Å². The second kappa shape index (κ2) is 5.35. The Labute approximate surface area is 117 Å². The average Bonchev–Trinajstić information content (AvgIpc) is 2.38. The zero-order chi connectivity index (χ0) is 14.0. The van der Waals surface area contributed by atoms with Crippen molar-refractivity contribution < 1.29 is 12.8 Å². The number of thiol groups is 1. The number of sulfone groups is 1. The molecule has 0 radical (unpaired) electrons. The van der Waals surface area contributed by atoms with Crippen LogP contribution < -0.4 is 0 Å². The normalized spacial score (nSPS) is 11.5. The average molecular weight is 296 g/mol. The van der Waals surface area contributed by atoms with E-state index in [2.05, 4.69) is 12.6 Å². The molecule has 0 aromatic heterocycles. The third-order valence-corrected chi connectivity index (χ3v) is 4.21. The molecule has 0 N–H and O–H groups in total. The lowest BCUT2D eigenvalue weighted by Crippen LogP contribution is -1.98. The molecule has 2 rings (SSSR count). The number of hydrogen-bond donors (Lipinski definition) is 1. The van der Waals surface area contributed by atoms with Crippen molar-refractivity contribution >= 4 is 22.5 Å². The Morgan fingerprint density at radius 1 is 1.05 bits per heavy atom. The van der Waals surface area contributed by atoms with Gasteiger partial charge in [-0.15, -0.1) is 0 Å². The summed E-state index contributed by atoms with van der Waals surface area (Å²) < 4.78 is 36.2. The van der Waals surface area contributed by atoms with Crippen LogP contribution in [0.1, 0.15) is 5.56 Å². The van der Waals surface area contributed by atoms with E-state index < -0.39 is 9.84 Å². The van der Waals surface area contributed by atoms with E-state index >= 15 is 0 Å². The fourth-order valence-corrected chi connectivity index (χ4v) is 2.66. The second-order valence-corrected chi connectivity index (χ2v) is 6.63. The first-order valence-electron chi connectivity index (χ1n) is 5.61. The van der Waals surface area contributed by atoms with Crippen molar-refractivity contribution in [1.82, 2.24) is 0 Å². The molecule has 0 bridgehead atoms. The summed E-state index contributed by atoms with van der Waals surface area (Å²) in [4.78, 5) is 0.248. The first-order valence-corrected chi connectivity index (χ1v) is 8.13. The van der Waals surface area contributed by atoms with Gasteiger partial charge in [0.1, 0.15) is 5.82 Å². The van der Waals surface area contributed by atoms with E-state index in [0.717, 1.165) is 16.7 Å². The number of benzene rings is 2. The summed E-state index contributed by atoms with van der Waals surface area (Å²) >= 11 is 4.17. The molecule has 0 fully saturated rings. The number of hydrogen-bond acceptors (Lipinski definition) is 3. The van der Waals surface area contributed by atoms with Gasteiger partial charge < -0.3 is 0 Å². The molecule has 0 atom stereocenters. The Hall–Kier alpha value is -1.33. The second-order valence-electron chi connectivity index (χ2n) is 4.30. The predicted molar refractivity (Wildman–Crippen MR) is 77.6 cm³/mol. The Bertz CT molecular complexity index is 692. The highest BCUT2D eigenvalue weighted by Gasteiger charge is 2.11. The van der Waals surface area contributed by atoms with Gasteiger partial charge in [0.2, 0.25) is 0 Å². The van der Waals surface area contributed by atoms with Gasteiger partial charge in [-0.05, 0) is 41.0 Å². The molecule has 0 unspecified atom stereocenters. The molecule has 0 saturated carbocycles. The van der Waals surface area contributed by atoms with Gasteiger partial charge >= 0.3 is 0 Å². The summed E-state index contributed by atoms with van der Waals surface area (Å²) in [6.07, 6.45) is 1.17. The zero-order valence-corrected chi connectivity index (χ0v) is 12.0. The molecule has 0 amide bonds. The predicted octanol–water partition coefficient (Wildman–Crippen LogP) is 3.33. The van der Waals surface area contributed by atoms with Crippen LogP contribution in [0.15, 0.2) is 47.4 Å². The molecule has 2 nitrogen and oxygen atoms in total. The van der Waals surface area contributed by atoms with Gasteiger partial charge in [-0.25, -0.2) is 12.8 Å². The maximum atomic E-state index is 12.9. The maximum Gasteiger partial charge on any atom is 0.175 e. The molecule has 0 aliphatic rings. The molecule has 0 heterocycles. The van der Waals surface area contributed by atoms with Crippen LogP contribution >= 0.6 is 12.6 Å². The molecular formula is C14H13FO2S2. The molecule has 2 aromatic carbocycles. The van der Waals surface area contributed by atoms with Crippen LogP contribution in [0.2, 0.25) is 0 Å². The lowest BCUT2D eigenvalue weighted by molar-refractivity contribution is 0.602.